The summed E-state index contributed by atoms with van der Waals surface area (Å²) in [5.41, 5.74) is 2.35. The smallest absolute Gasteiger partial charge is 0.234 e. The van der Waals surface area contributed by atoms with Crippen LogP contribution in [0.3, 0.4) is 0 Å². The van der Waals surface area contributed by atoms with Crippen molar-refractivity contribution >= 4 is 35.0 Å². The van der Waals surface area contributed by atoms with Gasteiger partial charge in [-0.1, -0.05) is 41.6 Å². The van der Waals surface area contributed by atoms with Crippen molar-refractivity contribution in [2.45, 2.75) is 12.1 Å². The highest BCUT2D eigenvalue weighted by Crippen LogP contribution is 2.27. The summed E-state index contributed by atoms with van der Waals surface area (Å²) in [6.45, 7) is 1.86. The van der Waals surface area contributed by atoms with Crippen molar-refractivity contribution in [3.63, 3.8) is 0 Å². The molecule has 0 atom stereocenters. The molecule has 0 aliphatic heterocycles. The lowest BCUT2D eigenvalue weighted by Crippen LogP contribution is -2.15. The number of amides is 1. The summed E-state index contributed by atoms with van der Waals surface area (Å²) in [4.78, 5) is 12.3. The van der Waals surface area contributed by atoms with E-state index in [0.29, 0.717) is 21.6 Å². The number of thioether (sulfide) groups is 1. The average Bonchev–Trinajstić information content (AvgIpc) is 3.12. The Labute approximate surface area is 160 Å². The Kier molecular flexibility index (Phi) is 5.80. The summed E-state index contributed by atoms with van der Waals surface area (Å²) in [6.07, 6.45) is 1.60. The van der Waals surface area contributed by atoms with Gasteiger partial charge in [-0.05, 0) is 36.8 Å². The molecule has 1 amide bonds. The van der Waals surface area contributed by atoms with E-state index in [2.05, 4.69) is 15.5 Å². The second-order valence-electron chi connectivity index (χ2n) is 5.40. The number of nitrogens with zero attached hydrogens (tertiary/aromatic N) is 3. The van der Waals surface area contributed by atoms with Crippen molar-refractivity contribution in [2.24, 2.45) is 0 Å². The molecule has 0 unspecified atom stereocenters. The Morgan fingerprint density at radius 2 is 2.08 bits per heavy atom. The Hall–Kier alpha value is -2.51. The maximum absolute atomic E-state index is 12.3. The van der Waals surface area contributed by atoms with E-state index in [9.17, 15) is 4.79 Å². The number of aromatic nitrogens is 3. The summed E-state index contributed by atoms with van der Waals surface area (Å²) in [5.74, 6) is 0.753. The van der Waals surface area contributed by atoms with Crippen LogP contribution in [0.5, 0.6) is 5.75 Å². The first-order chi connectivity index (χ1) is 12.6. The van der Waals surface area contributed by atoms with Crippen LogP contribution in [0.1, 0.15) is 5.56 Å². The first-order valence-electron chi connectivity index (χ1n) is 7.81. The zero-order chi connectivity index (χ0) is 18.5. The van der Waals surface area contributed by atoms with Crippen LogP contribution in [0, 0.1) is 6.92 Å². The molecule has 3 rings (SSSR count). The van der Waals surface area contributed by atoms with E-state index in [4.69, 9.17) is 16.3 Å². The average molecular weight is 389 g/mol. The van der Waals surface area contributed by atoms with Crippen LogP contribution in [0.2, 0.25) is 5.02 Å². The normalized spacial score (nSPS) is 10.6. The molecule has 1 N–H and O–H groups in total. The molecule has 0 fully saturated rings. The van der Waals surface area contributed by atoms with Gasteiger partial charge in [-0.2, -0.15) is 0 Å². The van der Waals surface area contributed by atoms with Crippen molar-refractivity contribution in [3.05, 3.63) is 59.4 Å². The topological polar surface area (TPSA) is 69.0 Å². The first-order valence-corrected chi connectivity index (χ1v) is 9.17. The molecule has 8 heteroatoms. The maximum Gasteiger partial charge on any atom is 0.234 e. The predicted molar refractivity (Wildman–Crippen MR) is 103 cm³/mol. The second kappa shape index (κ2) is 8.25. The molecule has 0 bridgehead atoms. The minimum atomic E-state index is -0.144. The summed E-state index contributed by atoms with van der Waals surface area (Å²) in [7, 11) is 1.61. The zero-order valence-electron chi connectivity index (χ0n) is 14.3. The van der Waals surface area contributed by atoms with Gasteiger partial charge in [-0.15, -0.1) is 10.2 Å². The molecule has 6 nitrogen and oxygen atoms in total. The highest BCUT2D eigenvalue weighted by molar-refractivity contribution is 7.99. The maximum atomic E-state index is 12.3. The van der Waals surface area contributed by atoms with Gasteiger partial charge >= 0.3 is 0 Å². The molecular formula is C18H17ClN4O2S. The molecule has 0 saturated carbocycles. The number of nitrogens with one attached hydrogen (secondary N) is 1. The molecule has 0 spiro atoms. The number of anilines is 1. The van der Waals surface area contributed by atoms with Crippen LogP contribution < -0.4 is 10.1 Å². The zero-order valence-corrected chi connectivity index (χ0v) is 15.8. The number of halogens is 1. The molecular weight excluding hydrogens is 372 g/mol. The van der Waals surface area contributed by atoms with E-state index in [1.165, 1.54) is 11.8 Å². The van der Waals surface area contributed by atoms with Gasteiger partial charge in [0.05, 0.1) is 18.6 Å². The van der Waals surface area contributed by atoms with Gasteiger partial charge in [-0.25, -0.2) is 0 Å². The summed E-state index contributed by atoms with van der Waals surface area (Å²) < 4.78 is 7.17. The lowest BCUT2D eigenvalue weighted by molar-refractivity contribution is -0.113. The number of para-hydroxylation sites is 2. The van der Waals surface area contributed by atoms with Gasteiger partial charge in [0.25, 0.3) is 0 Å². The van der Waals surface area contributed by atoms with Gasteiger partial charge in [0.2, 0.25) is 5.91 Å². The standard InChI is InChI=1S/C18H17ClN4O2S/c1-12-13(19)6-5-7-14(12)21-17(24)10-26-18-22-20-11-23(18)15-8-3-4-9-16(15)25-2/h3-9,11H,10H2,1-2H3,(H,21,24). The van der Waals surface area contributed by atoms with Gasteiger partial charge in [-0.3, -0.25) is 9.36 Å². The minimum Gasteiger partial charge on any atom is -0.495 e. The molecule has 0 radical (unpaired) electrons. The quantitative estimate of drug-likeness (QED) is 0.647. The number of rotatable bonds is 6. The monoisotopic (exact) mass is 388 g/mol. The predicted octanol–water partition coefficient (Wildman–Crippen LogP) is 3.97. The molecule has 0 aliphatic carbocycles. The summed E-state index contributed by atoms with van der Waals surface area (Å²) >= 11 is 7.38. The molecule has 0 saturated heterocycles. The van der Waals surface area contributed by atoms with E-state index in [0.717, 1.165) is 11.3 Å². The summed E-state index contributed by atoms with van der Waals surface area (Å²) in [6, 6.07) is 13.0. The van der Waals surface area contributed by atoms with Crippen molar-refractivity contribution < 1.29 is 9.53 Å². The SMILES string of the molecule is COc1ccccc1-n1cnnc1SCC(=O)Nc1cccc(Cl)c1C. The van der Waals surface area contributed by atoms with E-state index in [1.54, 1.807) is 30.1 Å². The Balaban J connectivity index is 1.70. The van der Waals surface area contributed by atoms with Crippen molar-refractivity contribution in [3.8, 4) is 11.4 Å². The van der Waals surface area contributed by atoms with Crippen molar-refractivity contribution in [2.75, 3.05) is 18.2 Å². The van der Waals surface area contributed by atoms with E-state index >= 15 is 0 Å². The molecule has 1 aromatic heterocycles. The highest BCUT2D eigenvalue weighted by atomic mass is 35.5. The van der Waals surface area contributed by atoms with E-state index in [-0.39, 0.29) is 11.7 Å². The number of benzene rings is 2. The van der Waals surface area contributed by atoms with Crippen LogP contribution in [0.25, 0.3) is 5.69 Å². The fourth-order valence-electron chi connectivity index (χ4n) is 2.38. The van der Waals surface area contributed by atoms with Gasteiger partial charge in [0.1, 0.15) is 12.1 Å². The first kappa shape index (κ1) is 18.3. The third-order valence-electron chi connectivity index (χ3n) is 3.74. The lowest BCUT2D eigenvalue weighted by Gasteiger charge is -2.11. The molecule has 3 aromatic rings. The highest BCUT2D eigenvalue weighted by Gasteiger charge is 2.13. The molecule has 0 aliphatic rings. The lowest BCUT2D eigenvalue weighted by atomic mass is 10.2. The van der Waals surface area contributed by atoms with E-state index in [1.807, 2.05) is 37.3 Å². The number of methoxy groups -OCH3 is 1. The van der Waals surface area contributed by atoms with Crippen LogP contribution in [0.4, 0.5) is 5.69 Å². The number of hydrogen-bond donors (Lipinski definition) is 1. The van der Waals surface area contributed by atoms with E-state index < -0.39 is 0 Å². The summed E-state index contributed by atoms with van der Waals surface area (Å²) in [5, 5.41) is 12.1. The van der Waals surface area contributed by atoms with Crippen LogP contribution in [-0.2, 0) is 4.79 Å². The molecule has 134 valence electrons. The fraction of sp³-hybridized carbons (Fsp3) is 0.167. The van der Waals surface area contributed by atoms with Crippen LogP contribution >= 0.6 is 23.4 Å². The Morgan fingerprint density at radius 3 is 2.88 bits per heavy atom. The van der Waals surface area contributed by atoms with Crippen molar-refractivity contribution in [1.82, 2.24) is 14.8 Å². The fourth-order valence-corrected chi connectivity index (χ4v) is 3.27. The van der Waals surface area contributed by atoms with Gasteiger partial charge < -0.3 is 10.1 Å². The number of carbonyl (C=O) groups excluding carboxylic acids is 1. The number of hydrogen-bond acceptors (Lipinski definition) is 5. The third kappa shape index (κ3) is 4.00. The molecule has 26 heavy (non-hydrogen) atoms. The van der Waals surface area contributed by atoms with Gasteiger partial charge in [0.15, 0.2) is 5.16 Å². The number of ether oxygens (including phenoxy) is 1. The van der Waals surface area contributed by atoms with Crippen LogP contribution in [-0.4, -0.2) is 33.5 Å². The third-order valence-corrected chi connectivity index (χ3v) is 5.09. The second-order valence-corrected chi connectivity index (χ2v) is 6.75. The van der Waals surface area contributed by atoms with Gasteiger partial charge in [0, 0.05) is 10.7 Å². The van der Waals surface area contributed by atoms with Crippen LogP contribution in [0.15, 0.2) is 53.9 Å². The molecule has 2 aromatic carbocycles. The number of carbonyl (C=O) groups is 1. The minimum absolute atomic E-state index is 0.144. The van der Waals surface area contributed by atoms with Crippen molar-refractivity contribution in [1.29, 1.82) is 0 Å². The molecule has 1 heterocycles. The Morgan fingerprint density at radius 1 is 1.27 bits per heavy atom. The Bertz CT molecular complexity index is 929. The largest absolute Gasteiger partial charge is 0.495 e.